The highest BCUT2D eigenvalue weighted by Crippen LogP contribution is 2.33. The molecule has 1 aliphatic carbocycles. The normalized spacial score (nSPS) is 21.8. The maximum absolute atomic E-state index is 14.1. The van der Waals surface area contributed by atoms with Gasteiger partial charge >= 0.3 is 0 Å². The molecule has 0 bridgehead atoms. The van der Waals surface area contributed by atoms with E-state index >= 15 is 0 Å². The molecule has 0 N–H and O–H groups in total. The third kappa shape index (κ3) is 6.90. The average Bonchev–Trinajstić information content (AvgIpc) is 3.45. The van der Waals surface area contributed by atoms with Crippen molar-refractivity contribution >= 4 is 22.9 Å². The smallest absolute Gasteiger partial charge is 0.296 e. The molecule has 3 aliphatic rings. The van der Waals surface area contributed by atoms with E-state index in [1.807, 2.05) is 16.8 Å². The monoisotopic (exact) mass is 598 g/mol. The number of imidazole rings is 1. The number of fused-ring (bicyclic) bond motifs is 1. The first-order valence-electron chi connectivity index (χ1n) is 15.4. The van der Waals surface area contributed by atoms with Crippen molar-refractivity contribution in [3.05, 3.63) is 36.2 Å². The number of aromatic nitrogens is 4. The predicted molar refractivity (Wildman–Crippen MR) is 157 cm³/mol. The molecule has 1 amide bonds. The van der Waals surface area contributed by atoms with E-state index in [1.165, 1.54) is 4.57 Å². The Kier molecular flexibility index (Phi) is 9.32. The highest BCUT2D eigenvalue weighted by molar-refractivity contribution is 5.79. The first-order valence-corrected chi connectivity index (χ1v) is 15.4. The van der Waals surface area contributed by atoms with Crippen molar-refractivity contribution in [2.24, 2.45) is 17.8 Å². The van der Waals surface area contributed by atoms with Crippen LogP contribution in [0, 0.1) is 17.8 Å². The fourth-order valence-corrected chi connectivity index (χ4v) is 6.42. The molecule has 3 aromatic rings. The summed E-state index contributed by atoms with van der Waals surface area (Å²) < 4.78 is 46.8. The number of hydrogen-bond donors (Lipinski definition) is 0. The summed E-state index contributed by atoms with van der Waals surface area (Å²) in [6.45, 7) is 5.05. The molecule has 0 atom stereocenters. The van der Waals surface area contributed by atoms with E-state index in [1.54, 1.807) is 30.3 Å². The lowest BCUT2D eigenvalue weighted by molar-refractivity contribution is -0.136. The van der Waals surface area contributed by atoms with Crippen LogP contribution in [0.25, 0.3) is 16.9 Å². The number of hydrogen-bond acceptors (Lipinski definition) is 8. The molecule has 4 heterocycles. The number of morpholine rings is 1. The number of para-hydroxylation sites is 2. The second-order valence-electron chi connectivity index (χ2n) is 11.9. The van der Waals surface area contributed by atoms with Crippen molar-refractivity contribution in [2.75, 3.05) is 64.6 Å². The lowest BCUT2D eigenvalue weighted by atomic mass is 9.81. The van der Waals surface area contributed by atoms with Crippen molar-refractivity contribution < 1.29 is 27.8 Å². The number of carbonyl (C=O) groups excluding carboxylic acids is 1. The second-order valence-corrected chi connectivity index (χ2v) is 11.9. The van der Waals surface area contributed by atoms with Gasteiger partial charge in [-0.3, -0.25) is 9.36 Å². The number of amides is 1. The Morgan fingerprint density at radius 1 is 0.977 bits per heavy atom. The van der Waals surface area contributed by atoms with E-state index in [2.05, 4.69) is 9.97 Å². The molecule has 0 unspecified atom stereocenters. The van der Waals surface area contributed by atoms with Gasteiger partial charge in [0.2, 0.25) is 17.7 Å². The molecule has 12 heteroatoms. The first-order chi connectivity index (χ1) is 21.0. The van der Waals surface area contributed by atoms with Crippen molar-refractivity contribution in [3.8, 4) is 11.7 Å². The van der Waals surface area contributed by atoms with E-state index in [4.69, 9.17) is 19.2 Å². The van der Waals surface area contributed by atoms with Gasteiger partial charge in [0.05, 0.1) is 30.9 Å². The Labute approximate surface area is 250 Å². The summed E-state index contributed by atoms with van der Waals surface area (Å²) in [5, 5.41) is 0. The zero-order valence-corrected chi connectivity index (χ0v) is 24.7. The molecular formula is C31H40F2N6O4. The average molecular weight is 599 g/mol. The summed E-state index contributed by atoms with van der Waals surface area (Å²) in [6, 6.07) is 8.65. The molecule has 1 saturated carbocycles. The summed E-state index contributed by atoms with van der Waals surface area (Å²) in [6.07, 6.45) is 2.68. The Bertz CT molecular complexity index is 1380. The maximum atomic E-state index is 14.1. The SMILES string of the molecule is CN(CC1CCOCC1)C(=O)C1CCC(COc2cc(-n3c(C(F)F)nc4ccccc43)nc(N3CCOCC3)n2)CC1. The van der Waals surface area contributed by atoms with Gasteiger partial charge in [-0.1, -0.05) is 12.1 Å². The molecule has 43 heavy (non-hydrogen) atoms. The van der Waals surface area contributed by atoms with Crippen LogP contribution in [0.1, 0.15) is 50.8 Å². The van der Waals surface area contributed by atoms with Crippen LogP contribution in [-0.4, -0.2) is 90.0 Å². The minimum atomic E-state index is -2.79. The Morgan fingerprint density at radius 3 is 2.44 bits per heavy atom. The van der Waals surface area contributed by atoms with E-state index in [9.17, 15) is 13.6 Å². The number of anilines is 1. The van der Waals surface area contributed by atoms with Crippen LogP contribution in [0.5, 0.6) is 5.88 Å². The van der Waals surface area contributed by atoms with Gasteiger partial charge in [0, 0.05) is 51.9 Å². The van der Waals surface area contributed by atoms with E-state index in [0.717, 1.165) is 58.3 Å². The van der Waals surface area contributed by atoms with Gasteiger partial charge in [-0.2, -0.15) is 9.97 Å². The standard InChI is InChI=1S/C31H40F2N6O4/c1-37(19-21-10-14-41-15-11-21)30(40)23-8-6-22(7-9-23)20-43-27-18-26(35-31(36-27)38-12-16-42-17-13-38)39-25-5-3-2-4-24(25)34-29(39)28(32)33/h2-5,18,21-23,28H,6-17,19-20H2,1H3. The van der Waals surface area contributed by atoms with Gasteiger partial charge < -0.3 is 24.0 Å². The van der Waals surface area contributed by atoms with E-state index in [0.29, 0.717) is 61.7 Å². The van der Waals surface area contributed by atoms with Crippen LogP contribution < -0.4 is 9.64 Å². The topological polar surface area (TPSA) is 94.8 Å². The first kappa shape index (κ1) is 29.7. The number of benzene rings is 1. The maximum Gasteiger partial charge on any atom is 0.296 e. The molecule has 10 nitrogen and oxygen atoms in total. The van der Waals surface area contributed by atoms with Crippen molar-refractivity contribution in [2.45, 2.75) is 45.0 Å². The van der Waals surface area contributed by atoms with E-state index in [-0.39, 0.29) is 29.4 Å². The van der Waals surface area contributed by atoms with Gasteiger partial charge in [0.1, 0.15) is 5.82 Å². The lowest BCUT2D eigenvalue weighted by Gasteiger charge is -2.33. The summed E-state index contributed by atoms with van der Waals surface area (Å²) in [5.41, 5.74) is 1.01. The number of rotatable bonds is 9. The molecule has 3 fully saturated rings. The van der Waals surface area contributed by atoms with Crippen molar-refractivity contribution in [1.29, 1.82) is 0 Å². The molecule has 2 aromatic heterocycles. The van der Waals surface area contributed by atoms with Crippen LogP contribution >= 0.6 is 0 Å². The Balaban J connectivity index is 1.15. The minimum absolute atomic E-state index is 0.0435. The number of halogens is 2. The third-order valence-electron chi connectivity index (χ3n) is 8.89. The van der Waals surface area contributed by atoms with Crippen molar-refractivity contribution in [3.63, 3.8) is 0 Å². The molecule has 2 aliphatic heterocycles. The highest BCUT2D eigenvalue weighted by Gasteiger charge is 2.30. The zero-order valence-electron chi connectivity index (χ0n) is 24.7. The van der Waals surface area contributed by atoms with Crippen LogP contribution in [-0.2, 0) is 14.3 Å². The molecular weight excluding hydrogens is 558 g/mol. The molecule has 0 radical (unpaired) electrons. The number of alkyl halides is 2. The Hall–Kier alpha value is -3.38. The predicted octanol–water partition coefficient (Wildman–Crippen LogP) is 4.66. The van der Waals surface area contributed by atoms with Gasteiger partial charge in [0.15, 0.2) is 5.82 Å². The third-order valence-corrected chi connectivity index (χ3v) is 8.89. The fourth-order valence-electron chi connectivity index (χ4n) is 6.42. The zero-order chi connectivity index (χ0) is 29.8. The van der Waals surface area contributed by atoms with Crippen LogP contribution in [0.15, 0.2) is 30.3 Å². The second kappa shape index (κ2) is 13.5. The summed E-state index contributed by atoms with van der Waals surface area (Å²) in [4.78, 5) is 30.6. The lowest BCUT2D eigenvalue weighted by Crippen LogP contribution is -2.39. The van der Waals surface area contributed by atoms with Crippen LogP contribution in [0.4, 0.5) is 14.7 Å². The molecule has 232 valence electrons. The molecule has 1 aromatic carbocycles. The highest BCUT2D eigenvalue weighted by atomic mass is 19.3. The molecule has 6 rings (SSSR count). The van der Waals surface area contributed by atoms with E-state index < -0.39 is 6.43 Å². The van der Waals surface area contributed by atoms with Crippen LogP contribution in [0.3, 0.4) is 0 Å². The fraction of sp³-hybridized carbons (Fsp3) is 0.613. The van der Waals surface area contributed by atoms with Crippen molar-refractivity contribution in [1.82, 2.24) is 24.4 Å². The number of nitrogens with zero attached hydrogens (tertiary/aromatic N) is 6. The summed E-state index contributed by atoms with van der Waals surface area (Å²) in [7, 11) is 1.93. The summed E-state index contributed by atoms with van der Waals surface area (Å²) >= 11 is 0. The van der Waals surface area contributed by atoms with Gasteiger partial charge in [0.25, 0.3) is 6.43 Å². The number of ether oxygens (including phenoxy) is 3. The summed E-state index contributed by atoms with van der Waals surface area (Å²) in [5.74, 6) is 1.74. The quantitative estimate of drug-likeness (QED) is 0.351. The Morgan fingerprint density at radius 2 is 1.70 bits per heavy atom. The largest absolute Gasteiger partial charge is 0.477 e. The molecule has 2 saturated heterocycles. The molecule has 0 spiro atoms. The number of carbonyl (C=O) groups is 1. The van der Waals surface area contributed by atoms with Gasteiger partial charge in [-0.25, -0.2) is 13.8 Å². The van der Waals surface area contributed by atoms with Crippen LogP contribution in [0.2, 0.25) is 0 Å². The minimum Gasteiger partial charge on any atom is -0.477 e. The van der Waals surface area contributed by atoms with Gasteiger partial charge in [-0.15, -0.1) is 0 Å². The van der Waals surface area contributed by atoms with Gasteiger partial charge in [-0.05, 0) is 62.5 Å².